The summed E-state index contributed by atoms with van der Waals surface area (Å²) in [5.74, 6) is 0.700. The Bertz CT molecular complexity index is 258. The minimum absolute atomic E-state index is 0.0412. The lowest BCUT2D eigenvalue weighted by atomic mass is 10.1. The first-order chi connectivity index (χ1) is 7.10. The second kappa shape index (κ2) is 5.51. The molecule has 2 N–H and O–H groups in total. The van der Waals surface area contributed by atoms with Crippen molar-refractivity contribution in [2.75, 3.05) is 12.8 Å². The second-order valence-corrected chi connectivity index (χ2v) is 4.99. The molecular formula is C10H18N2O2S. The lowest BCUT2D eigenvalue weighted by molar-refractivity contribution is -0.127. The van der Waals surface area contributed by atoms with Crippen LogP contribution in [0.1, 0.15) is 20.3 Å². The Hall–Kier alpha value is -0.550. The van der Waals surface area contributed by atoms with Crippen LogP contribution in [0.5, 0.6) is 0 Å². The molecule has 86 valence electrons. The van der Waals surface area contributed by atoms with Gasteiger partial charge in [-0.25, -0.2) is 0 Å². The summed E-state index contributed by atoms with van der Waals surface area (Å²) < 4.78 is 0. The standard InChI is InChI=1S/C10H18N2O2S/c1-4-8-9(6(2)13)12-10(14)7(11-3)5-15-8/h7-9,11H,4-5H2,1-3H3,(H,12,14)/t7-,8+,9+/m0/s1. The van der Waals surface area contributed by atoms with Crippen LogP contribution in [0.2, 0.25) is 0 Å². The Morgan fingerprint density at radius 2 is 2.33 bits per heavy atom. The highest BCUT2D eigenvalue weighted by molar-refractivity contribution is 8.00. The number of rotatable bonds is 3. The number of hydrogen-bond acceptors (Lipinski definition) is 4. The van der Waals surface area contributed by atoms with Gasteiger partial charge in [-0.3, -0.25) is 9.59 Å². The zero-order chi connectivity index (χ0) is 11.4. The molecule has 1 amide bonds. The summed E-state index contributed by atoms with van der Waals surface area (Å²) in [6.07, 6.45) is 0.894. The van der Waals surface area contributed by atoms with Crippen LogP contribution in [0.15, 0.2) is 0 Å². The highest BCUT2D eigenvalue weighted by Crippen LogP contribution is 2.22. The van der Waals surface area contributed by atoms with Crippen LogP contribution in [-0.2, 0) is 9.59 Å². The lowest BCUT2D eigenvalue weighted by Gasteiger charge is -2.20. The van der Waals surface area contributed by atoms with E-state index in [9.17, 15) is 9.59 Å². The van der Waals surface area contributed by atoms with Crippen molar-refractivity contribution >= 4 is 23.5 Å². The zero-order valence-electron chi connectivity index (χ0n) is 9.37. The molecule has 0 bridgehead atoms. The van der Waals surface area contributed by atoms with Gasteiger partial charge in [0, 0.05) is 11.0 Å². The predicted molar refractivity (Wildman–Crippen MR) is 62.0 cm³/mol. The van der Waals surface area contributed by atoms with Crippen molar-refractivity contribution in [2.45, 2.75) is 37.6 Å². The SMILES string of the molecule is CC[C@H]1SC[C@H](NC)C(=O)N[C@@H]1C(C)=O. The fourth-order valence-corrected chi connectivity index (χ4v) is 3.12. The third kappa shape index (κ3) is 2.95. The highest BCUT2D eigenvalue weighted by Gasteiger charge is 2.33. The Labute approximate surface area is 94.6 Å². The lowest BCUT2D eigenvalue weighted by Crippen LogP contribution is -2.50. The minimum atomic E-state index is -0.328. The Balaban J connectivity index is 2.78. The zero-order valence-corrected chi connectivity index (χ0v) is 10.2. The molecule has 1 rings (SSSR count). The first-order valence-corrected chi connectivity index (χ1v) is 6.24. The van der Waals surface area contributed by atoms with Gasteiger partial charge in [0.1, 0.15) is 0 Å². The van der Waals surface area contributed by atoms with Gasteiger partial charge < -0.3 is 10.6 Å². The molecule has 0 aliphatic carbocycles. The van der Waals surface area contributed by atoms with Gasteiger partial charge in [0.25, 0.3) is 0 Å². The molecule has 0 aromatic rings. The van der Waals surface area contributed by atoms with Crippen molar-refractivity contribution in [2.24, 2.45) is 0 Å². The van der Waals surface area contributed by atoms with E-state index in [1.165, 1.54) is 6.92 Å². The van der Waals surface area contributed by atoms with E-state index >= 15 is 0 Å². The molecular weight excluding hydrogens is 212 g/mol. The van der Waals surface area contributed by atoms with Crippen molar-refractivity contribution < 1.29 is 9.59 Å². The molecule has 3 atom stereocenters. The van der Waals surface area contributed by atoms with Crippen LogP contribution < -0.4 is 10.6 Å². The minimum Gasteiger partial charge on any atom is -0.344 e. The van der Waals surface area contributed by atoms with E-state index in [-0.39, 0.29) is 29.0 Å². The fraction of sp³-hybridized carbons (Fsp3) is 0.800. The third-order valence-electron chi connectivity index (χ3n) is 2.65. The van der Waals surface area contributed by atoms with Gasteiger partial charge in [0.15, 0.2) is 5.78 Å². The molecule has 0 spiro atoms. The molecule has 0 aromatic carbocycles. The number of ketones is 1. The maximum absolute atomic E-state index is 11.7. The summed E-state index contributed by atoms with van der Waals surface area (Å²) in [7, 11) is 1.76. The normalized spacial score (nSPS) is 31.9. The number of thioether (sulfide) groups is 1. The van der Waals surface area contributed by atoms with Crippen molar-refractivity contribution in [3.05, 3.63) is 0 Å². The van der Waals surface area contributed by atoms with Crippen LogP contribution in [0.3, 0.4) is 0 Å². The molecule has 1 heterocycles. The van der Waals surface area contributed by atoms with Crippen molar-refractivity contribution in [3.63, 3.8) is 0 Å². The van der Waals surface area contributed by atoms with E-state index in [1.807, 2.05) is 6.92 Å². The van der Waals surface area contributed by atoms with Crippen LogP contribution >= 0.6 is 11.8 Å². The van der Waals surface area contributed by atoms with Gasteiger partial charge in [0.2, 0.25) is 5.91 Å². The van der Waals surface area contributed by atoms with E-state index < -0.39 is 0 Å². The van der Waals surface area contributed by atoms with Gasteiger partial charge in [-0.2, -0.15) is 11.8 Å². The summed E-state index contributed by atoms with van der Waals surface area (Å²) in [6, 6.07) is -0.515. The molecule has 4 nitrogen and oxygen atoms in total. The summed E-state index contributed by atoms with van der Waals surface area (Å²) in [5.41, 5.74) is 0. The molecule has 1 fully saturated rings. The van der Waals surface area contributed by atoms with Crippen LogP contribution in [0.25, 0.3) is 0 Å². The largest absolute Gasteiger partial charge is 0.344 e. The monoisotopic (exact) mass is 230 g/mol. The van der Waals surface area contributed by atoms with Gasteiger partial charge in [0.05, 0.1) is 12.1 Å². The Kier molecular flexibility index (Phi) is 4.60. The number of carbonyl (C=O) groups is 2. The summed E-state index contributed by atoms with van der Waals surface area (Å²) >= 11 is 1.69. The van der Waals surface area contributed by atoms with Crippen LogP contribution in [0.4, 0.5) is 0 Å². The molecule has 1 aliphatic rings. The first-order valence-electron chi connectivity index (χ1n) is 5.19. The third-order valence-corrected chi connectivity index (χ3v) is 4.21. The number of hydrogen-bond donors (Lipinski definition) is 2. The predicted octanol–water partition coefficient (Wildman–Crippen LogP) is 0.174. The molecule has 0 aromatic heterocycles. The maximum Gasteiger partial charge on any atom is 0.238 e. The van der Waals surface area contributed by atoms with E-state index in [1.54, 1.807) is 18.8 Å². The van der Waals surface area contributed by atoms with Crippen molar-refractivity contribution in [3.8, 4) is 0 Å². The first kappa shape index (κ1) is 12.5. The topological polar surface area (TPSA) is 58.2 Å². The molecule has 0 unspecified atom stereocenters. The summed E-state index contributed by atoms with van der Waals surface area (Å²) in [5, 5.41) is 5.96. The molecule has 1 aliphatic heterocycles. The van der Waals surface area contributed by atoms with Gasteiger partial charge >= 0.3 is 0 Å². The van der Waals surface area contributed by atoms with Crippen molar-refractivity contribution in [1.82, 2.24) is 10.6 Å². The number of carbonyl (C=O) groups excluding carboxylic acids is 2. The fourth-order valence-electron chi connectivity index (χ4n) is 1.67. The molecule has 0 saturated carbocycles. The highest BCUT2D eigenvalue weighted by atomic mass is 32.2. The summed E-state index contributed by atoms with van der Waals surface area (Å²) in [6.45, 7) is 3.58. The number of Topliss-reactive ketones (excluding diaryl/α,β-unsaturated/α-hetero) is 1. The van der Waals surface area contributed by atoms with Crippen molar-refractivity contribution in [1.29, 1.82) is 0 Å². The van der Waals surface area contributed by atoms with E-state index in [0.29, 0.717) is 0 Å². The van der Waals surface area contributed by atoms with E-state index in [2.05, 4.69) is 10.6 Å². The summed E-state index contributed by atoms with van der Waals surface area (Å²) in [4.78, 5) is 23.1. The Morgan fingerprint density at radius 3 is 2.80 bits per heavy atom. The quantitative estimate of drug-likeness (QED) is 0.726. The van der Waals surface area contributed by atoms with E-state index in [0.717, 1.165) is 12.2 Å². The van der Waals surface area contributed by atoms with Crippen LogP contribution in [-0.4, -0.2) is 41.8 Å². The number of likely N-dealkylation sites (N-methyl/N-ethyl adjacent to an activating group) is 1. The average molecular weight is 230 g/mol. The molecule has 15 heavy (non-hydrogen) atoms. The number of nitrogens with one attached hydrogen (secondary N) is 2. The number of amides is 1. The molecule has 1 saturated heterocycles. The van der Waals surface area contributed by atoms with Crippen LogP contribution in [0, 0.1) is 0 Å². The maximum atomic E-state index is 11.7. The van der Waals surface area contributed by atoms with Gasteiger partial charge in [-0.05, 0) is 20.4 Å². The molecule has 5 heteroatoms. The van der Waals surface area contributed by atoms with Gasteiger partial charge in [-0.1, -0.05) is 6.92 Å². The van der Waals surface area contributed by atoms with E-state index in [4.69, 9.17) is 0 Å². The Morgan fingerprint density at radius 1 is 1.67 bits per heavy atom. The molecule has 0 radical (unpaired) electrons. The van der Waals surface area contributed by atoms with Gasteiger partial charge in [-0.15, -0.1) is 0 Å². The smallest absolute Gasteiger partial charge is 0.238 e. The second-order valence-electron chi connectivity index (χ2n) is 3.72. The average Bonchev–Trinajstić information content (AvgIpc) is 2.36.